The van der Waals surface area contributed by atoms with Gasteiger partial charge in [0, 0.05) is 10.7 Å². The highest BCUT2D eigenvalue weighted by Gasteiger charge is 2.16. The average Bonchev–Trinajstić information content (AvgIpc) is 2.81. The Morgan fingerprint density at radius 3 is 2.39 bits per heavy atom. The predicted octanol–water partition coefficient (Wildman–Crippen LogP) is 3.07. The molecule has 0 fully saturated rings. The largest absolute Gasteiger partial charge is 0.279 e. The Morgan fingerprint density at radius 2 is 1.83 bits per heavy atom. The van der Waals surface area contributed by atoms with Gasteiger partial charge < -0.3 is 0 Å². The summed E-state index contributed by atoms with van der Waals surface area (Å²) in [5, 5.41) is 9.20. The second kappa shape index (κ2) is 4.98. The maximum Gasteiger partial charge on any atom is 0.271 e. The lowest BCUT2D eigenvalue weighted by Gasteiger charge is -2.05. The van der Waals surface area contributed by atoms with Crippen molar-refractivity contribution < 1.29 is 8.42 Å². The normalized spacial score (nSPS) is 10.9. The summed E-state index contributed by atoms with van der Waals surface area (Å²) in [6.07, 6.45) is 0. The van der Waals surface area contributed by atoms with Gasteiger partial charge in [-0.2, -0.15) is 5.26 Å². The summed E-state index contributed by atoms with van der Waals surface area (Å²) in [4.78, 5) is 0.353. The fourth-order valence-electron chi connectivity index (χ4n) is 1.25. The van der Waals surface area contributed by atoms with Gasteiger partial charge in [0.2, 0.25) is 0 Å². The lowest BCUT2D eigenvalue weighted by Crippen LogP contribution is -2.11. The summed E-state index contributed by atoms with van der Waals surface area (Å²) in [6.45, 7) is 0. The quantitative estimate of drug-likeness (QED) is 0.946. The first-order chi connectivity index (χ1) is 8.51. The van der Waals surface area contributed by atoms with Crippen molar-refractivity contribution in [3.05, 3.63) is 46.3 Å². The van der Waals surface area contributed by atoms with Crippen LogP contribution < -0.4 is 4.72 Å². The highest BCUT2D eigenvalue weighted by atomic mass is 35.5. The molecule has 0 spiro atoms. The van der Waals surface area contributed by atoms with Gasteiger partial charge in [-0.3, -0.25) is 4.72 Å². The van der Waals surface area contributed by atoms with Crippen molar-refractivity contribution in [1.82, 2.24) is 0 Å². The van der Waals surface area contributed by atoms with Crippen LogP contribution in [-0.2, 0) is 10.0 Å². The number of sulfonamides is 1. The van der Waals surface area contributed by atoms with E-state index in [-0.39, 0.29) is 4.21 Å². The van der Waals surface area contributed by atoms with Crippen LogP contribution in [0.25, 0.3) is 0 Å². The zero-order valence-corrected chi connectivity index (χ0v) is 11.3. The zero-order valence-electron chi connectivity index (χ0n) is 8.92. The third kappa shape index (κ3) is 2.82. The highest BCUT2D eigenvalue weighted by Crippen LogP contribution is 2.24. The number of hydrogen-bond donors (Lipinski definition) is 1. The van der Waals surface area contributed by atoms with E-state index in [0.29, 0.717) is 15.6 Å². The zero-order chi connectivity index (χ0) is 13.2. The first-order valence-corrected chi connectivity index (χ1v) is 7.47. The Hall–Kier alpha value is -1.55. The Morgan fingerprint density at radius 1 is 1.17 bits per heavy atom. The number of nitriles is 1. The standard InChI is InChI=1S/C11H7ClN2O2S2/c12-8-1-3-9(4-2-8)14-18(15,16)11-6-5-10(7-13)17-11/h1-6,14H. The van der Waals surface area contributed by atoms with Gasteiger partial charge in [0.1, 0.15) is 15.2 Å². The second-order valence-electron chi connectivity index (χ2n) is 3.34. The molecule has 1 heterocycles. The second-order valence-corrected chi connectivity index (χ2v) is 6.77. The molecule has 0 radical (unpaired) electrons. The maximum atomic E-state index is 12.0. The summed E-state index contributed by atoms with van der Waals surface area (Å²) in [5.74, 6) is 0. The van der Waals surface area contributed by atoms with Gasteiger partial charge in [0.15, 0.2) is 0 Å². The predicted molar refractivity (Wildman–Crippen MR) is 71.3 cm³/mol. The minimum atomic E-state index is -3.64. The third-order valence-electron chi connectivity index (χ3n) is 2.05. The van der Waals surface area contributed by atoms with E-state index in [1.54, 1.807) is 24.3 Å². The van der Waals surface area contributed by atoms with Gasteiger partial charge in [-0.15, -0.1) is 11.3 Å². The summed E-state index contributed by atoms with van der Waals surface area (Å²) in [6, 6.07) is 11.1. The molecule has 0 aliphatic carbocycles. The Kier molecular flexibility index (Phi) is 3.57. The summed E-state index contributed by atoms with van der Waals surface area (Å²) >= 11 is 6.64. The number of hydrogen-bond acceptors (Lipinski definition) is 4. The minimum absolute atomic E-state index is 0.106. The summed E-state index contributed by atoms with van der Waals surface area (Å²) in [7, 11) is -3.64. The molecule has 92 valence electrons. The minimum Gasteiger partial charge on any atom is -0.279 e. The average molecular weight is 299 g/mol. The van der Waals surface area contributed by atoms with Gasteiger partial charge in [-0.25, -0.2) is 8.42 Å². The molecule has 0 aliphatic rings. The fraction of sp³-hybridized carbons (Fsp3) is 0. The fourth-order valence-corrected chi connectivity index (χ4v) is 3.54. The molecule has 18 heavy (non-hydrogen) atoms. The van der Waals surface area contributed by atoms with Crippen molar-refractivity contribution in [2.75, 3.05) is 4.72 Å². The van der Waals surface area contributed by atoms with Crippen molar-refractivity contribution in [1.29, 1.82) is 5.26 Å². The first-order valence-electron chi connectivity index (χ1n) is 4.79. The molecule has 0 amide bonds. The van der Waals surface area contributed by atoms with E-state index in [0.717, 1.165) is 11.3 Å². The van der Waals surface area contributed by atoms with Gasteiger partial charge in [-0.05, 0) is 36.4 Å². The third-order valence-corrected chi connectivity index (χ3v) is 5.17. The first kappa shape index (κ1) is 12.9. The molecule has 0 saturated heterocycles. The van der Waals surface area contributed by atoms with E-state index in [1.807, 2.05) is 6.07 Å². The molecule has 4 nitrogen and oxygen atoms in total. The van der Waals surface area contributed by atoms with E-state index in [2.05, 4.69) is 4.72 Å². The molecule has 1 N–H and O–H groups in total. The summed E-state index contributed by atoms with van der Waals surface area (Å²) < 4.78 is 26.5. The van der Waals surface area contributed by atoms with Gasteiger partial charge in [0.25, 0.3) is 10.0 Å². The molecular weight excluding hydrogens is 292 g/mol. The van der Waals surface area contributed by atoms with Crippen molar-refractivity contribution in [3.63, 3.8) is 0 Å². The van der Waals surface area contributed by atoms with Crippen LogP contribution in [0.4, 0.5) is 5.69 Å². The van der Waals surface area contributed by atoms with Crippen LogP contribution in [-0.4, -0.2) is 8.42 Å². The van der Waals surface area contributed by atoms with Gasteiger partial charge >= 0.3 is 0 Å². The summed E-state index contributed by atoms with van der Waals surface area (Å²) in [5.41, 5.74) is 0.423. The van der Waals surface area contributed by atoms with Crippen LogP contribution >= 0.6 is 22.9 Å². The number of nitrogens with one attached hydrogen (secondary N) is 1. The number of benzene rings is 1. The van der Waals surface area contributed by atoms with Crippen LogP contribution in [0.2, 0.25) is 5.02 Å². The van der Waals surface area contributed by atoms with Crippen LogP contribution in [0.5, 0.6) is 0 Å². The lowest BCUT2D eigenvalue weighted by molar-refractivity contribution is 0.603. The van der Waals surface area contributed by atoms with Crippen LogP contribution in [0, 0.1) is 11.3 Å². The molecule has 1 aromatic heterocycles. The Bertz CT molecular complexity index is 699. The molecule has 0 atom stereocenters. The molecule has 2 rings (SSSR count). The van der Waals surface area contributed by atoms with Crippen LogP contribution in [0.3, 0.4) is 0 Å². The Labute approximate surface area is 114 Å². The molecular formula is C11H7ClN2O2S2. The van der Waals surface area contributed by atoms with Crippen molar-refractivity contribution in [2.24, 2.45) is 0 Å². The monoisotopic (exact) mass is 298 g/mol. The van der Waals surface area contributed by atoms with Gasteiger partial charge in [-0.1, -0.05) is 11.6 Å². The Balaban J connectivity index is 2.27. The van der Waals surface area contributed by atoms with Gasteiger partial charge in [0.05, 0.1) is 0 Å². The molecule has 0 saturated carbocycles. The van der Waals surface area contributed by atoms with Crippen molar-refractivity contribution in [2.45, 2.75) is 4.21 Å². The molecule has 2 aromatic rings. The highest BCUT2D eigenvalue weighted by molar-refractivity contribution is 7.94. The SMILES string of the molecule is N#Cc1ccc(S(=O)(=O)Nc2ccc(Cl)cc2)s1. The topological polar surface area (TPSA) is 70.0 Å². The molecule has 0 bridgehead atoms. The molecule has 1 aromatic carbocycles. The van der Waals surface area contributed by atoms with Crippen LogP contribution in [0.15, 0.2) is 40.6 Å². The molecule has 0 aliphatic heterocycles. The maximum absolute atomic E-state index is 12.0. The van der Waals surface area contributed by atoms with Crippen molar-refractivity contribution in [3.8, 4) is 6.07 Å². The van der Waals surface area contributed by atoms with Crippen molar-refractivity contribution >= 4 is 38.6 Å². The number of rotatable bonds is 3. The van der Waals surface area contributed by atoms with E-state index in [4.69, 9.17) is 16.9 Å². The van der Waals surface area contributed by atoms with E-state index in [9.17, 15) is 8.42 Å². The molecule has 7 heteroatoms. The lowest BCUT2D eigenvalue weighted by atomic mass is 10.3. The number of halogens is 1. The van der Waals surface area contributed by atoms with E-state index < -0.39 is 10.0 Å². The number of anilines is 1. The van der Waals surface area contributed by atoms with E-state index in [1.165, 1.54) is 12.1 Å². The smallest absolute Gasteiger partial charge is 0.271 e. The number of thiophene rings is 1. The van der Waals surface area contributed by atoms with E-state index >= 15 is 0 Å². The molecule has 0 unspecified atom stereocenters. The number of nitrogens with zero attached hydrogens (tertiary/aromatic N) is 1. The van der Waals surface area contributed by atoms with Crippen LogP contribution in [0.1, 0.15) is 4.88 Å².